The average Bonchev–Trinajstić information content (AvgIpc) is 2.51. The molecule has 1 aromatic carbocycles. The van der Waals surface area contributed by atoms with Gasteiger partial charge in [0.25, 0.3) is 0 Å². The molecule has 0 saturated carbocycles. The highest BCUT2D eigenvalue weighted by Gasteiger charge is 2.36. The van der Waals surface area contributed by atoms with E-state index in [0.717, 1.165) is 19.4 Å². The van der Waals surface area contributed by atoms with Gasteiger partial charge < -0.3 is 10.6 Å². The van der Waals surface area contributed by atoms with Crippen LogP contribution in [-0.4, -0.2) is 28.9 Å². The summed E-state index contributed by atoms with van der Waals surface area (Å²) in [4.78, 5) is 14.5. The summed E-state index contributed by atoms with van der Waals surface area (Å²) in [6, 6.07) is 9.74. The van der Waals surface area contributed by atoms with Crippen LogP contribution in [0, 0.1) is 0 Å². The lowest BCUT2D eigenvalue weighted by Gasteiger charge is -2.36. The number of nitrogens with zero attached hydrogens (tertiary/aromatic N) is 1. The molecule has 104 valence electrons. The maximum absolute atomic E-state index is 12.6. The van der Waals surface area contributed by atoms with Crippen molar-refractivity contribution < 1.29 is 4.79 Å². The summed E-state index contributed by atoms with van der Waals surface area (Å²) in [5.41, 5.74) is 7.28. The summed E-state index contributed by atoms with van der Waals surface area (Å²) in [7, 11) is 0. The van der Waals surface area contributed by atoms with E-state index < -0.39 is 6.04 Å². The molecule has 1 amide bonds. The fourth-order valence-electron chi connectivity index (χ4n) is 2.85. The SMILES string of the molecule is CC(C)(C)N1CCC[C@@H](c2ccccc2)[C@H](N)C1=O. The van der Waals surface area contributed by atoms with Crippen molar-refractivity contribution in [3.63, 3.8) is 0 Å². The van der Waals surface area contributed by atoms with Gasteiger partial charge in [-0.2, -0.15) is 0 Å². The summed E-state index contributed by atoms with van der Waals surface area (Å²) in [6.07, 6.45) is 1.99. The maximum atomic E-state index is 12.6. The van der Waals surface area contributed by atoms with E-state index in [1.165, 1.54) is 5.56 Å². The standard InChI is InChI=1S/C16H24N2O/c1-16(2,3)18-11-7-10-13(14(17)15(18)19)12-8-5-4-6-9-12/h4-6,8-9,13-14H,7,10-11,17H2,1-3H3/t13-,14-/m0/s1. The first kappa shape index (κ1) is 14.1. The van der Waals surface area contributed by atoms with Crippen LogP contribution in [0.1, 0.15) is 45.1 Å². The van der Waals surface area contributed by atoms with Gasteiger partial charge in [-0.05, 0) is 39.2 Å². The van der Waals surface area contributed by atoms with Gasteiger partial charge in [0.1, 0.15) is 0 Å². The van der Waals surface area contributed by atoms with Crippen LogP contribution in [0.25, 0.3) is 0 Å². The Balaban J connectivity index is 2.25. The van der Waals surface area contributed by atoms with Crippen LogP contribution < -0.4 is 5.73 Å². The Kier molecular flexibility index (Phi) is 3.95. The molecule has 0 spiro atoms. The van der Waals surface area contributed by atoms with Crippen molar-refractivity contribution in [1.29, 1.82) is 0 Å². The largest absolute Gasteiger partial charge is 0.336 e. The van der Waals surface area contributed by atoms with Crippen LogP contribution >= 0.6 is 0 Å². The number of hydrogen-bond donors (Lipinski definition) is 1. The van der Waals surface area contributed by atoms with E-state index in [-0.39, 0.29) is 17.4 Å². The molecule has 1 fully saturated rings. The molecule has 19 heavy (non-hydrogen) atoms. The fourth-order valence-corrected chi connectivity index (χ4v) is 2.85. The number of carbonyl (C=O) groups excluding carboxylic acids is 1. The summed E-state index contributed by atoms with van der Waals surface area (Å²) < 4.78 is 0. The van der Waals surface area contributed by atoms with E-state index in [2.05, 4.69) is 32.9 Å². The van der Waals surface area contributed by atoms with Crippen LogP contribution in [0.4, 0.5) is 0 Å². The molecule has 1 saturated heterocycles. The fraction of sp³-hybridized carbons (Fsp3) is 0.562. The third kappa shape index (κ3) is 2.98. The highest BCUT2D eigenvalue weighted by atomic mass is 16.2. The topological polar surface area (TPSA) is 46.3 Å². The quantitative estimate of drug-likeness (QED) is 0.843. The van der Waals surface area contributed by atoms with Crippen molar-refractivity contribution >= 4 is 5.91 Å². The summed E-state index contributed by atoms with van der Waals surface area (Å²) in [5.74, 6) is 0.222. The third-order valence-corrected chi connectivity index (χ3v) is 3.92. The highest BCUT2D eigenvalue weighted by molar-refractivity contribution is 5.83. The molecule has 2 N–H and O–H groups in total. The number of likely N-dealkylation sites (tertiary alicyclic amines) is 1. The van der Waals surface area contributed by atoms with Crippen LogP contribution in [0.5, 0.6) is 0 Å². The number of amides is 1. The Bertz CT molecular complexity index is 436. The van der Waals surface area contributed by atoms with E-state index in [1.807, 2.05) is 23.1 Å². The van der Waals surface area contributed by atoms with Crippen molar-refractivity contribution in [3.8, 4) is 0 Å². The van der Waals surface area contributed by atoms with Gasteiger partial charge in [-0.3, -0.25) is 4.79 Å². The molecule has 2 atom stereocenters. The predicted octanol–water partition coefficient (Wildman–Crippen LogP) is 2.52. The first-order valence-corrected chi connectivity index (χ1v) is 7.03. The predicted molar refractivity (Wildman–Crippen MR) is 77.9 cm³/mol. The maximum Gasteiger partial charge on any atom is 0.240 e. The van der Waals surface area contributed by atoms with Gasteiger partial charge in [-0.1, -0.05) is 30.3 Å². The molecule has 3 heteroatoms. The lowest BCUT2D eigenvalue weighted by molar-refractivity contribution is -0.136. The van der Waals surface area contributed by atoms with Gasteiger partial charge in [0, 0.05) is 18.0 Å². The van der Waals surface area contributed by atoms with E-state index in [9.17, 15) is 4.79 Å². The third-order valence-electron chi connectivity index (χ3n) is 3.92. The molecule has 0 aliphatic carbocycles. The minimum atomic E-state index is -0.427. The van der Waals surface area contributed by atoms with E-state index >= 15 is 0 Å². The molecule has 0 radical (unpaired) electrons. The number of nitrogens with two attached hydrogens (primary N) is 1. The van der Waals surface area contributed by atoms with Crippen molar-refractivity contribution in [3.05, 3.63) is 35.9 Å². The molecule has 0 aromatic heterocycles. The monoisotopic (exact) mass is 260 g/mol. The average molecular weight is 260 g/mol. The van der Waals surface area contributed by atoms with E-state index in [1.54, 1.807) is 0 Å². The van der Waals surface area contributed by atoms with Crippen LogP contribution in [0.15, 0.2) is 30.3 Å². The molecule has 1 aromatic rings. The van der Waals surface area contributed by atoms with Gasteiger partial charge in [-0.15, -0.1) is 0 Å². The van der Waals surface area contributed by atoms with Crippen LogP contribution in [0.3, 0.4) is 0 Å². The Morgan fingerprint density at radius 2 is 1.84 bits per heavy atom. The molecule has 1 aliphatic heterocycles. The first-order valence-electron chi connectivity index (χ1n) is 7.03. The lowest BCUT2D eigenvalue weighted by atomic mass is 9.88. The normalized spacial score (nSPS) is 25.3. The second-order valence-corrected chi connectivity index (χ2v) is 6.35. The summed E-state index contributed by atoms with van der Waals surface area (Å²) >= 11 is 0. The molecule has 0 unspecified atom stereocenters. The van der Waals surface area contributed by atoms with Crippen molar-refractivity contribution in [1.82, 2.24) is 4.90 Å². The zero-order valence-electron chi connectivity index (χ0n) is 12.1. The van der Waals surface area contributed by atoms with Gasteiger partial charge in [0.05, 0.1) is 6.04 Å². The molecular weight excluding hydrogens is 236 g/mol. The van der Waals surface area contributed by atoms with Gasteiger partial charge >= 0.3 is 0 Å². The zero-order valence-corrected chi connectivity index (χ0v) is 12.1. The van der Waals surface area contributed by atoms with E-state index in [4.69, 9.17) is 5.73 Å². The summed E-state index contributed by atoms with van der Waals surface area (Å²) in [5, 5.41) is 0. The smallest absolute Gasteiger partial charge is 0.240 e. The van der Waals surface area contributed by atoms with Crippen molar-refractivity contribution in [2.75, 3.05) is 6.54 Å². The Morgan fingerprint density at radius 1 is 1.21 bits per heavy atom. The number of benzene rings is 1. The van der Waals surface area contributed by atoms with Crippen LogP contribution in [-0.2, 0) is 4.79 Å². The molecular formula is C16H24N2O. The number of hydrogen-bond acceptors (Lipinski definition) is 2. The number of carbonyl (C=O) groups is 1. The van der Waals surface area contributed by atoms with Gasteiger partial charge in [0.2, 0.25) is 5.91 Å². The second-order valence-electron chi connectivity index (χ2n) is 6.35. The Morgan fingerprint density at radius 3 is 2.42 bits per heavy atom. The van der Waals surface area contributed by atoms with Crippen molar-refractivity contribution in [2.24, 2.45) is 5.73 Å². The molecule has 0 bridgehead atoms. The van der Waals surface area contributed by atoms with Crippen LogP contribution in [0.2, 0.25) is 0 Å². The molecule has 3 nitrogen and oxygen atoms in total. The second kappa shape index (κ2) is 5.33. The molecule has 2 rings (SSSR count). The zero-order chi connectivity index (χ0) is 14.0. The Hall–Kier alpha value is -1.35. The first-order chi connectivity index (χ1) is 8.91. The lowest BCUT2D eigenvalue weighted by Crippen LogP contribution is -2.52. The van der Waals surface area contributed by atoms with Gasteiger partial charge in [0.15, 0.2) is 0 Å². The number of rotatable bonds is 1. The Labute approximate surface area is 115 Å². The molecule has 1 heterocycles. The molecule has 1 aliphatic rings. The minimum absolute atomic E-state index is 0.0823. The van der Waals surface area contributed by atoms with Gasteiger partial charge in [-0.25, -0.2) is 0 Å². The van der Waals surface area contributed by atoms with Crippen molar-refractivity contribution in [2.45, 2.75) is 51.1 Å². The summed E-state index contributed by atoms with van der Waals surface area (Å²) in [6.45, 7) is 7.01. The minimum Gasteiger partial charge on any atom is -0.336 e. The van der Waals surface area contributed by atoms with E-state index in [0.29, 0.717) is 0 Å². The highest BCUT2D eigenvalue weighted by Crippen LogP contribution is 2.30.